The van der Waals surface area contributed by atoms with Gasteiger partial charge >= 0.3 is 0 Å². The highest BCUT2D eigenvalue weighted by Gasteiger charge is 2.22. The summed E-state index contributed by atoms with van der Waals surface area (Å²) in [4.78, 5) is 2.45. The van der Waals surface area contributed by atoms with Gasteiger partial charge in [-0.1, -0.05) is 121 Å². The normalized spacial score (nSPS) is 11.7. The van der Waals surface area contributed by atoms with E-state index in [0.717, 1.165) is 22.7 Å². The van der Waals surface area contributed by atoms with Crippen LogP contribution in [0.15, 0.2) is 182 Å². The second-order valence-corrected chi connectivity index (χ2v) is 13.6. The smallest absolute Gasteiger partial charge is 0.0562 e. The van der Waals surface area contributed by atoms with Crippen molar-refractivity contribution in [2.24, 2.45) is 0 Å². The van der Waals surface area contributed by atoms with E-state index >= 15 is 0 Å². The average molecular weight is 643 g/mol. The highest BCUT2D eigenvalue weighted by molar-refractivity contribution is 7.26. The molecule has 0 atom stereocenters. The zero-order valence-electron chi connectivity index (χ0n) is 26.6. The van der Waals surface area contributed by atoms with Gasteiger partial charge in [-0.2, -0.15) is 0 Å². The average Bonchev–Trinajstić information content (AvgIpc) is 3.72. The third-order valence-corrected chi connectivity index (χ3v) is 11.0. The number of thiophene rings is 1. The van der Waals surface area contributed by atoms with Crippen LogP contribution in [0.3, 0.4) is 0 Å². The standard InChI is InChI=1S/C46H30N2S/c1-3-13-31(14-4-1)32-15-11-18-35(29-32)47(36-26-28-37-33(30-36)25-27-39-38-19-8-10-24-44(38)49-46(37)39)42-22-12-23-43-45(42)40-20-7-9-21-41(40)48(43)34-16-5-2-6-17-34/h1-30H. The van der Waals surface area contributed by atoms with Crippen LogP contribution in [0.5, 0.6) is 0 Å². The van der Waals surface area contributed by atoms with Crippen LogP contribution in [-0.2, 0) is 0 Å². The molecular formula is C46H30N2S. The van der Waals surface area contributed by atoms with E-state index in [0.29, 0.717) is 0 Å². The molecule has 2 aromatic heterocycles. The Bertz CT molecular complexity index is 2830. The van der Waals surface area contributed by atoms with E-state index in [1.165, 1.54) is 63.9 Å². The molecule has 0 saturated carbocycles. The van der Waals surface area contributed by atoms with Crippen molar-refractivity contribution in [2.45, 2.75) is 0 Å². The highest BCUT2D eigenvalue weighted by atomic mass is 32.1. The first kappa shape index (κ1) is 27.9. The lowest BCUT2D eigenvalue weighted by atomic mass is 10.0. The molecule has 0 unspecified atom stereocenters. The molecule has 49 heavy (non-hydrogen) atoms. The Morgan fingerprint density at radius 2 is 1.10 bits per heavy atom. The van der Waals surface area contributed by atoms with Gasteiger partial charge in [-0.25, -0.2) is 0 Å². The summed E-state index contributed by atoms with van der Waals surface area (Å²) in [5.41, 5.74) is 9.32. The van der Waals surface area contributed by atoms with Crippen LogP contribution in [0.25, 0.3) is 69.6 Å². The molecule has 0 aliphatic rings. The monoisotopic (exact) mass is 642 g/mol. The van der Waals surface area contributed by atoms with E-state index in [1.807, 2.05) is 11.3 Å². The van der Waals surface area contributed by atoms with E-state index in [9.17, 15) is 0 Å². The maximum Gasteiger partial charge on any atom is 0.0562 e. The third-order valence-electron chi connectivity index (χ3n) is 9.74. The van der Waals surface area contributed by atoms with Gasteiger partial charge in [-0.15, -0.1) is 11.3 Å². The molecule has 3 heteroatoms. The Hall–Kier alpha value is -6.16. The quantitative estimate of drug-likeness (QED) is 0.181. The van der Waals surface area contributed by atoms with Gasteiger partial charge < -0.3 is 9.47 Å². The molecule has 0 N–H and O–H groups in total. The van der Waals surface area contributed by atoms with E-state index in [2.05, 4.69) is 191 Å². The molecule has 2 nitrogen and oxygen atoms in total. The Balaban J connectivity index is 1.25. The predicted octanol–water partition coefficient (Wildman–Crippen LogP) is 13.4. The predicted molar refractivity (Wildman–Crippen MR) is 211 cm³/mol. The number of hydrogen-bond acceptors (Lipinski definition) is 2. The van der Waals surface area contributed by atoms with Gasteiger partial charge in [-0.3, -0.25) is 0 Å². The van der Waals surface area contributed by atoms with Gasteiger partial charge in [-0.05, 0) is 82.6 Å². The Kier molecular flexibility index (Phi) is 6.39. The van der Waals surface area contributed by atoms with E-state index < -0.39 is 0 Å². The van der Waals surface area contributed by atoms with Crippen molar-refractivity contribution in [3.63, 3.8) is 0 Å². The summed E-state index contributed by atoms with van der Waals surface area (Å²) in [6.07, 6.45) is 0. The van der Waals surface area contributed by atoms with E-state index in [-0.39, 0.29) is 0 Å². The number of benzene rings is 8. The number of nitrogens with zero attached hydrogens (tertiary/aromatic N) is 2. The second-order valence-electron chi connectivity index (χ2n) is 12.6. The Morgan fingerprint density at radius 3 is 1.98 bits per heavy atom. The molecule has 230 valence electrons. The van der Waals surface area contributed by atoms with Crippen LogP contribution >= 0.6 is 11.3 Å². The molecule has 0 amide bonds. The maximum absolute atomic E-state index is 2.45. The molecule has 0 fully saturated rings. The maximum atomic E-state index is 2.45. The van der Waals surface area contributed by atoms with Gasteiger partial charge in [0.1, 0.15) is 0 Å². The Morgan fingerprint density at radius 1 is 0.429 bits per heavy atom. The topological polar surface area (TPSA) is 8.17 Å². The summed E-state index contributed by atoms with van der Waals surface area (Å²) in [6, 6.07) is 66.1. The molecule has 0 spiro atoms. The summed E-state index contributed by atoms with van der Waals surface area (Å²) in [6.45, 7) is 0. The zero-order chi connectivity index (χ0) is 32.3. The number of para-hydroxylation sites is 2. The van der Waals surface area contributed by atoms with Crippen molar-refractivity contribution in [2.75, 3.05) is 4.90 Å². The molecule has 10 rings (SSSR count). The van der Waals surface area contributed by atoms with Crippen LogP contribution in [-0.4, -0.2) is 4.57 Å². The number of anilines is 3. The Labute approximate surface area is 288 Å². The minimum atomic E-state index is 1.12. The first-order valence-electron chi connectivity index (χ1n) is 16.7. The van der Waals surface area contributed by atoms with Gasteiger partial charge in [0.25, 0.3) is 0 Å². The molecule has 0 bridgehead atoms. The lowest BCUT2D eigenvalue weighted by Gasteiger charge is -2.27. The summed E-state index contributed by atoms with van der Waals surface area (Å²) in [5.74, 6) is 0. The van der Waals surface area contributed by atoms with Crippen LogP contribution < -0.4 is 4.90 Å². The van der Waals surface area contributed by atoms with Crippen molar-refractivity contribution in [1.29, 1.82) is 0 Å². The van der Waals surface area contributed by atoms with Crippen molar-refractivity contribution in [1.82, 2.24) is 4.57 Å². The second kappa shape index (κ2) is 11.2. The molecular weight excluding hydrogens is 613 g/mol. The van der Waals surface area contributed by atoms with Gasteiger partial charge in [0.05, 0.1) is 16.7 Å². The molecule has 2 heterocycles. The number of rotatable bonds is 5. The molecule has 0 aliphatic heterocycles. The van der Waals surface area contributed by atoms with Crippen molar-refractivity contribution >= 4 is 81.1 Å². The fourth-order valence-electron chi connectivity index (χ4n) is 7.56. The first-order valence-corrected chi connectivity index (χ1v) is 17.5. The minimum Gasteiger partial charge on any atom is -0.310 e. The van der Waals surface area contributed by atoms with Gasteiger partial charge in [0.2, 0.25) is 0 Å². The van der Waals surface area contributed by atoms with Gasteiger partial charge in [0.15, 0.2) is 0 Å². The summed E-state index contributed by atoms with van der Waals surface area (Å²) in [7, 11) is 0. The molecule has 10 aromatic rings. The van der Waals surface area contributed by atoms with Crippen molar-refractivity contribution < 1.29 is 0 Å². The largest absolute Gasteiger partial charge is 0.310 e. The first-order chi connectivity index (χ1) is 24.3. The highest BCUT2D eigenvalue weighted by Crippen LogP contribution is 2.46. The fourth-order valence-corrected chi connectivity index (χ4v) is 8.80. The number of hydrogen-bond donors (Lipinski definition) is 0. The van der Waals surface area contributed by atoms with Crippen LogP contribution in [0.4, 0.5) is 17.1 Å². The minimum absolute atomic E-state index is 1.12. The van der Waals surface area contributed by atoms with Crippen LogP contribution in [0.1, 0.15) is 0 Å². The van der Waals surface area contributed by atoms with Crippen molar-refractivity contribution in [3.8, 4) is 16.8 Å². The number of fused-ring (bicyclic) bond motifs is 8. The van der Waals surface area contributed by atoms with Crippen LogP contribution in [0.2, 0.25) is 0 Å². The summed E-state index contributed by atoms with van der Waals surface area (Å²) < 4.78 is 5.07. The van der Waals surface area contributed by atoms with Crippen LogP contribution in [0, 0.1) is 0 Å². The lowest BCUT2D eigenvalue weighted by molar-refractivity contribution is 1.18. The molecule has 0 radical (unpaired) electrons. The molecule has 8 aromatic carbocycles. The molecule has 0 saturated heterocycles. The van der Waals surface area contributed by atoms with E-state index in [1.54, 1.807) is 0 Å². The van der Waals surface area contributed by atoms with Gasteiger partial charge in [0, 0.05) is 48.0 Å². The van der Waals surface area contributed by atoms with Crippen molar-refractivity contribution in [3.05, 3.63) is 182 Å². The summed E-state index contributed by atoms with van der Waals surface area (Å²) in [5, 5.41) is 7.64. The zero-order valence-corrected chi connectivity index (χ0v) is 27.4. The molecule has 0 aliphatic carbocycles. The van der Waals surface area contributed by atoms with E-state index in [4.69, 9.17) is 0 Å². The fraction of sp³-hybridized carbons (Fsp3) is 0. The number of aromatic nitrogens is 1. The SMILES string of the molecule is c1ccc(-c2cccc(N(c3ccc4c(ccc5c6ccccc6sc45)c3)c3cccc4c3c3ccccc3n4-c3ccccc3)c2)cc1. The lowest BCUT2D eigenvalue weighted by Crippen LogP contribution is -2.10. The third kappa shape index (κ3) is 4.47. The summed E-state index contributed by atoms with van der Waals surface area (Å²) >= 11 is 1.89.